The van der Waals surface area contributed by atoms with Crippen LogP contribution in [0.25, 0.3) is 0 Å². The van der Waals surface area contributed by atoms with Crippen molar-refractivity contribution in [2.45, 2.75) is 37.5 Å². The first-order valence-electron chi connectivity index (χ1n) is 10.0. The lowest BCUT2D eigenvalue weighted by Crippen LogP contribution is -2.57. The molecule has 3 atom stereocenters. The summed E-state index contributed by atoms with van der Waals surface area (Å²) in [5, 5.41) is 20.7. The van der Waals surface area contributed by atoms with E-state index in [9.17, 15) is 14.6 Å². The number of benzene rings is 2. The van der Waals surface area contributed by atoms with Crippen molar-refractivity contribution in [2.75, 3.05) is 19.8 Å². The number of halogens is 3. The van der Waals surface area contributed by atoms with Crippen LogP contribution in [0.15, 0.2) is 36.4 Å². The predicted molar refractivity (Wildman–Crippen MR) is 107 cm³/mol. The lowest BCUT2D eigenvalue weighted by molar-refractivity contribution is -0.0758. The van der Waals surface area contributed by atoms with Gasteiger partial charge in [-0.3, -0.25) is 0 Å². The van der Waals surface area contributed by atoms with Gasteiger partial charge in [-0.25, -0.2) is 8.78 Å². The lowest BCUT2D eigenvalue weighted by Gasteiger charge is -2.57. The number of rotatable bonds is 5. The fourth-order valence-corrected chi connectivity index (χ4v) is 5.81. The molecule has 0 amide bonds. The zero-order valence-electron chi connectivity index (χ0n) is 16.1. The average Bonchev–Trinajstić information content (AvgIpc) is 2.72. The average molecular weight is 423 g/mol. The summed E-state index contributed by atoms with van der Waals surface area (Å²) in [5.74, 6) is -1.33. The smallest absolute Gasteiger partial charge is 0.165 e. The van der Waals surface area contributed by atoms with Crippen LogP contribution in [-0.2, 0) is 11.8 Å². The Bertz CT molecular complexity index is 884. The molecule has 1 saturated carbocycles. The molecule has 0 aromatic heterocycles. The second-order valence-electron chi connectivity index (χ2n) is 8.40. The Kier molecular flexibility index (Phi) is 5.58. The van der Waals surface area contributed by atoms with Crippen molar-refractivity contribution in [1.82, 2.24) is 0 Å². The fraction of sp³-hybridized carbons (Fsp3) is 0.478. The van der Waals surface area contributed by atoms with Crippen molar-refractivity contribution >= 4 is 11.6 Å². The molecule has 0 spiro atoms. The van der Waals surface area contributed by atoms with Gasteiger partial charge in [0.25, 0.3) is 0 Å². The van der Waals surface area contributed by atoms with Crippen LogP contribution in [0.1, 0.15) is 36.8 Å². The van der Waals surface area contributed by atoms with Gasteiger partial charge in [0.2, 0.25) is 0 Å². The molecule has 0 radical (unpaired) electrons. The largest absolute Gasteiger partial charge is 0.490 e. The van der Waals surface area contributed by atoms with Crippen LogP contribution in [0.3, 0.4) is 0 Å². The Balaban J connectivity index is 1.91. The molecule has 6 heteroatoms. The topological polar surface area (TPSA) is 49.7 Å². The highest BCUT2D eigenvalue weighted by Crippen LogP contribution is 2.60. The number of hydrogen-bond acceptors (Lipinski definition) is 3. The van der Waals surface area contributed by atoms with Gasteiger partial charge in [0, 0.05) is 40.5 Å². The summed E-state index contributed by atoms with van der Waals surface area (Å²) in [6.07, 6.45) is 3.00. The van der Waals surface area contributed by atoms with E-state index in [1.54, 1.807) is 12.1 Å². The molecule has 0 saturated heterocycles. The van der Waals surface area contributed by atoms with Crippen LogP contribution in [0.2, 0.25) is 5.02 Å². The molecule has 2 aliphatic rings. The van der Waals surface area contributed by atoms with E-state index in [1.807, 2.05) is 12.1 Å². The highest BCUT2D eigenvalue weighted by Gasteiger charge is 2.58. The summed E-state index contributed by atoms with van der Waals surface area (Å²) in [6.45, 7) is -0.0235. The Labute approximate surface area is 174 Å². The summed E-state index contributed by atoms with van der Waals surface area (Å²) in [4.78, 5) is 0. The summed E-state index contributed by atoms with van der Waals surface area (Å²) < 4.78 is 35.6. The molecule has 1 heterocycles. The molecule has 1 aliphatic carbocycles. The van der Waals surface area contributed by atoms with Crippen LogP contribution >= 0.6 is 11.6 Å². The highest BCUT2D eigenvalue weighted by molar-refractivity contribution is 6.30. The van der Waals surface area contributed by atoms with Gasteiger partial charge in [-0.05, 0) is 55.5 Å². The van der Waals surface area contributed by atoms with E-state index in [-0.39, 0.29) is 37.1 Å². The first-order valence-corrected chi connectivity index (χ1v) is 10.4. The number of fused-ring (bicyclic) bond motifs is 3. The van der Waals surface area contributed by atoms with Gasteiger partial charge in [0.05, 0.1) is 6.61 Å². The molecular weight excluding hydrogens is 398 g/mol. The fourth-order valence-electron chi connectivity index (χ4n) is 5.69. The van der Waals surface area contributed by atoms with Gasteiger partial charge in [-0.2, -0.15) is 0 Å². The van der Waals surface area contributed by atoms with E-state index < -0.39 is 22.5 Å². The summed E-state index contributed by atoms with van der Waals surface area (Å²) in [6, 6.07) is 9.65. The minimum absolute atomic E-state index is 0.0204. The molecular formula is C23H25ClF2O3. The van der Waals surface area contributed by atoms with Crippen molar-refractivity contribution in [2.24, 2.45) is 11.3 Å². The standard InChI is InChI=1S/C23H25ClF2O3/c24-16-4-2-15(3-5-16)12-23-9-1-8-22(14-28,10-11-27)19(23)13-29-21-18(26)7-6-17(25)20(21)23/h2-7,19,27-28H,1,8-14H2/t19-,22+,23-/m0/s1. The van der Waals surface area contributed by atoms with E-state index in [2.05, 4.69) is 0 Å². The quantitative estimate of drug-likeness (QED) is 0.737. The third kappa shape index (κ3) is 3.33. The lowest BCUT2D eigenvalue weighted by atomic mass is 9.49. The zero-order valence-corrected chi connectivity index (χ0v) is 16.9. The number of ether oxygens (including phenoxy) is 1. The first-order chi connectivity index (χ1) is 14.0. The molecule has 1 fully saturated rings. The van der Waals surface area contributed by atoms with Gasteiger partial charge in [0.15, 0.2) is 11.6 Å². The van der Waals surface area contributed by atoms with Crippen LogP contribution in [0.4, 0.5) is 8.78 Å². The second kappa shape index (κ2) is 7.86. The van der Waals surface area contributed by atoms with E-state index >= 15 is 4.39 Å². The van der Waals surface area contributed by atoms with Crippen LogP contribution in [0.5, 0.6) is 5.75 Å². The number of hydrogen-bond donors (Lipinski definition) is 2. The van der Waals surface area contributed by atoms with E-state index in [0.29, 0.717) is 30.7 Å². The van der Waals surface area contributed by atoms with Crippen LogP contribution < -0.4 is 4.74 Å². The Morgan fingerprint density at radius 1 is 1.03 bits per heavy atom. The van der Waals surface area contributed by atoms with Crippen LogP contribution in [-0.4, -0.2) is 30.0 Å². The maximum Gasteiger partial charge on any atom is 0.165 e. The van der Waals surface area contributed by atoms with Crippen molar-refractivity contribution in [3.63, 3.8) is 0 Å². The molecule has 2 aromatic rings. The Hall–Kier alpha value is -1.69. The van der Waals surface area contributed by atoms with Crippen molar-refractivity contribution < 1.29 is 23.7 Å². The number of aliphatic hydroxyl groups excluding tert-OH is 2. The maximum absolute atomic E-state index is 15.2. The van der Waals surface area contributed by atoms with Crippen molar-refractivity contribution in [1.29, 1.82) is 0 Å². The number of aliphatic hydroxyl groups is 2. The maximum atomic E-state index is 15.2. The van der Waals surface area contributed by atoms with Gasteiger partial charge < -0.3 is 14.9 Å². The molecule has 4 rings (SSSR count). The summed E-state index contributed by atoms with van der Waals surface area (Å²) in [5.41, 5.74) is -0.104. The minimum atomic E-state index is -0.732. The normalized spacial score (nSPS) is 28.4. The molecule has 0 bridgehead atoms. The minimum Gasteiger partial charge on any atom is -0.490 e. The first kappa shape index (κ1) is 20.6. The Morgan fingerprint density at radius 2 is 1.76 bits per heavy atom. The molecule has 3 nitrogen and oxygen atoms in total. The van der Waals surface area contributed by atoms with Gasteiger partial charge in [-0.15, -0.1) is 0 Å². The molecule has 156 valence electrons. The summed E-state index contributed by atoms with van der Waals surface area (Å²) >= 11 is 6.04. The molecule has 1 aliphatic heterocycles. The Morgan fingerprint density at radius 3 is 2.45 bits per heavy atom. The van der Waals surface area contributed by atoms with Gasteiger partial charge >= 0.3 is 0 Å². The zero-order chi connectivity index (χ0) is 20.6. The predicted octanol–water partition coefficient (Wildman–Crippen LogP) is 4.65. The van der Waals surface area contributed by atoms with Crippen molar-refractivity contribution in [3.8, 4) is 5.75 Å². The molecule has 2 N–H and O–H groups in total. The molecule has 29 heavy (non-hydrogen) atoms. The SMILES string of the molecule is OCC[C@@]1(CO)CCC[C@@]2(Cc3ccc(Cl)cc3)c3c(F)ccc(F)c3OC[C@@H]12. The van der Waals surface area contributed by atoms with E-state index in [4.69, 9.17) is 16.3 Å². The van der Waals surface area contributed by atoms with Crippen molar-refractivity contribution in [3.05, 3.63) is 64.2 Å². The highest BCUT2D eigenvalue weighted by atomic mass is 35.5. The van der Waals surface area contributed by atoms with E-state index in [0.717, 1.165) is 24.1 Å². The molecule has 0 unspecified atom stereocenters. The summed E-state index contributed by atoms with van der Waals surface area (Å²) in [7, 11) is 0. The molecule has 2 aromatic carbocycles. The second-order valence-corrected chi connectivity index (χ2v) is 8.84. The third-order valence-electron chi connectivity index (χ3n) is 7.01. The van der Waals surface area contributed by atoms with E-state index in [1.165, 1.54) is 0 Å². The monoisotopic (exact) mass is 422 g/mol. The van der Waals surface area contributed by atoms with Crippen LogP contribution in [0, 0.1) is 23.0 Å². The van der Waals surface area contributed by atoms with Gasteiger partial charge in [0.1, 0.15) is 5.82 Å². The third-order valence-corrected chi connectivity index (χ3v) is 7.26. The van der Waals surface area contributed by atoms with Gasteiger partial charge in [-0.1, -0.05) is 30.2 Å².